The highest BCUT2D eigenvalue weighted by molar-refractivity contribution is 5.92. The first kappa shape index (κ1) is 16.1. The van der Waals surface area contributed by atoms with Crippen molar-refractivity contribution in [2.24, 2.45) is 0 Å². The lowest BCUT2D eigenvalue weighted by Crippen LogP contribution is -2.41. The van der Waals surface area contributed by atoms with Crippen LogP contribution in [0.15, 0.2) is 12.3 Å². The predicted molar refractivity (Wildman–Crippen MR) is 87.7 cm³/mol. The molecule has 0 aromatic carbocycles. The van der Waals surface area contributed by atoms with Gasteiger partial charge in [0.15, 0.2) is 0 Å². The SMILES string of the molecule is O=C(NCCN1CCOCC1)c1ccnc(N2CCCCC2)n1. The van der Waals surface area contributed by atoms with Crippen LogP contribution in [0.5, 0.6) is 0 Å². The largest absolute Gasteiger partial charge is 0.379 e. The average molecular weight is 319 g/mol. The van der Waals surface area contributed by atoms with E-state index in [2.05, 4.69) is 25.1 Å². The zero-order chi connectivity index (χ0) is 15.9. The predicted octanol–water partition coefficient (Wildman–Crippen LogP) is 0.529. The fourth-order valence-electron chi connectivity index (χ4n) is 2.96. The van der Waals surface area contributed by atoms with Gasteiger partial charge in [0.05, 0.1) is 13.2 Å². The van der Waals surface area contributed by atoms with Crippen LogP contribution in [-0.4, -0.2) is 73.3 Å². The molecule has 1 aromatic rings. The molecule has 23 heavy (non-hydrogen) atoms. The number of anilines is 1. The molecule has 0 radical (unpaired) electrons. The number of carbonyl (C=O) groups excluding carboxylic acids is 1. The van der Waals surface area contributed by atoms with E-state index in [1.807, 2.05) is 0 Å². The smallest absolute Gasteiger partial charge is 0.270 e. The van der Waals surface area contributed by atoms with E-state index >= 15 is 0 Å². The number of hydrogen-bond donors (Lipinski definition) is 1. The number of nitrogens with one attached hydrogen (secondary N) is 1. The Balaban J connectivity index is 1.50. The van der Waals surface area contributed by atoms with E-state index in [-0.39, 0.29) is 5.91 Å². The molecule has 3 rings (SSSR count). The minimum Gasteiger partial charge on any atom is -0.379 e. The Kier molecular flexibility index (Phi) is 5.76. The molecule has 2 aliphatic heterocycles. The van der Waals surface area contributed by atoms with Crippen molar-refractivity contribution in [3.8, 4) is 0 Å². The average Bonchev–Trinajstić information content (AvgIpc) is 2.63. The number of piperidine rings is 1. The maximum absolute atomic E-state index is 12.3. The van der Waals surface area contributed by atoms with Crippen LogP contribution in [0.4, 0.5) is 5.95 Å². The van der Waals surface area contributed by atoms with Crippen molar-refractivity contribution in [2.45, 2.75) is 19.3 Å². The zero-order valence-electron chi connectivity index (χ0n) is 13.5. The summed E-state index contributed by atoms with van der Waals surface area (Å²) in [6, 6.07) is 1.68. The highest BCUT2D eigenvalue weighted by atomic mass is 16.5. The molecule has 3 heterocycles. The quantitative estimate of drug-likeness (QED) is 0.854. The minimum absolute atomic E-state index is 0.126. The van der Waals surface area contributed by atoms with Crippen LogP contribution in [0.1, 0.15) is 29.8 Å². The standard InChI is InChI=1S/C16H25N5O2/c22-15(17-6-9-20-10-12-23-13-11-20)14-4-5-18-16(19-14)21-7-2-1-3-8-21/h4-5H,1-3,6-13H2,(H,17,22). The van der Waals surface area contributed by atoms with Gasteiger partial charge in [0.2, 0.25) is 5.95 Å². The van der Waals surface area contributed by atoms with Crippen molar-refractivity contribution in [1.82, 2.24) is 20.2 Å². The van der Waals surface area contributed by atoms with Gasteiger partial charge in [0.25, 0.3) is 5.91 Å². The number of rotatable bonds is 5. The maximum Gasteiger partial charge on any atom is 0.270 e. The number of carbonyl (C=O) groups is 1. The number of amides is 1. The van der Waals surface area contributed by atoms with E-state index in [4.69, 9.17) is 4.74 Å². The van der Waals surface area contributed by atoms with Crippen molar-refractivity contribution >= 4 is 11.9 Å². The van der Waals surface area contributed by atoms with Crippen molar-refractivity contribution < 1.29 is 9.53 Å². The first-order valence-electron chi connectivity index (χ1n) is 8.49. The molecule has 7 heteroatoms. The van der Waals surface area contributed by atoms with Crippen LogP contribution in [0, 0.1) is 0 Å². The van der Waals surface area contributed by atoms with E-state index < -0.39 is 0 Å². The van der Waals surface area contributed by atoms with Gasteiger partial charge in [0, 0.05) is 45.5 Å². The molecule has 0 unspecified atom stereocenters. The van der Waals surface area contributed by atoms with Crippen LogP contribution in [0.2, 0.25) is 0 Å². The van der Waals surface area contributed by atoms with Gasteiger partial charge in [0.1, 0.15) is 5.69 Å². The molecule has 7 nitrogen and oxygen atoms in total. The van der Waals surface area contributed by atoms with Gasteiger partial charge < -0.3 is 15.0 Å². The van der Waals surface area contributed by atoms with E-state index in [0.717, 1.165) is 45.9 Å². The second-order valence-corrected chi connectivity index (χ2v) is 6.00. The Morgan fingerprint density at radius 1 is 1.17 bits per heavy atom. The van der Waals surface area contributed by atoms with Gasteiger partial charge in [-0.3, -0.25) is 9.69 Å². The summed E-state index contributed by atoms with van der Waals surface area (Å²) < 4.78 is 5.32. The van der Waals surface area contributed by atoms with Crippen molar-refractivity contribution in [3.05, 3.63) is 18.0 Å². The van der Waals surface area contributed by atoms with Crippen molar-refractivity contribution in [2.75, 3.05) is 57.4 Å². The zero-order valence-corrected chi connectivity index (χ0v) is 13.5. The second kappa shape index (κ2) is 8.21. The molecule has 0 saturated carbocycles. The van der Waals surface area contributed by atoms with Crippen LogP contribution in [0.3, 0.4) is 0 Å². The third-order valence-electron chi connectivity index (χ3n) is 4.33. The van der Waals surface area contributed by atoms with Gasteiger partial charge in [-0.2, -0.15) is 0 Å². The molecular weight excluding hydrogens is 294 g/mol. The topological polar surface area (TPSA) is 70.6 Å². The number of nitrogens with zero attached hydrogens (tertiary/aromatic N) is 4. The monoisotopic (exact) mass is 319 g/mol. The molecule has 0 bridgehead atoms. The molecule has 0 aliphatic carbocycles. The molecule has 0 atom stereocenters. The molecule has 1 amide bonds. The maximum atomic E-state index is 12.3. The van der Waals surface area contributed by atoms with Crippen LogP contribution >= 0.6 is 0 Å². The molecule has 126 valence electrons. The van der Waals surface area contributed by atoms with E-state index in [0.29, 0.717) is 18.2 Å². The highest BCUT2D eigenvalue weighted by Gasteiger charge is 2.16. The fourth-order valence-corrected chi connectivity index (χ4v) is 2.96. The van der Waals surface area contributed by atoms with E-state index in [9.17, 15) is 4.79 Å². The lowest BCUT2D eigenvalue weighted by atomic mass is 10.1. The molecule has 2 fully saturated rings. The number of morpholine rings is 1. The molecule has 2 aliphatic rings. The van der Waals surface area contributed by atoms with Gasteiger partial charge in [-0.25, -0.2) is 9.97 Å². The Morgan fingerprint density at radius 3 is 2.74 bits per heavy atom. The van der Waals surface area contributed by atoms with Crippen molar-refractivity contribution in [1.29, 1.82) is 0 Å². The van der Waals surface area contributed by atoms with E-state index in [1.54, 1.807) is 12.3 Å². The summed E-state index contributed by atoms with van der Waals surface area (Å²) >= 11 is 0. The summed E-state index contributed by atoms with van der Waals surface area (Å²) in [7, 11) is 0. The summed E-state index contributed by atoms with van der Waals surface area (Å²) in [5.41, 5.74) is 0.447. The summed E-state index contributed by atoms with van der Waals surface area (Å²) in [5, 5.41) is 2.95. The van der Waals surface area contributed by atoms with Crippen LogP contribution in [-0.2, 0) is 4.74 Å². The number of hydrogen-bond acceptors (Lipinski definition) is 6. The number of aromatic nitrogens is 2. The highest BCUT2D eigenvalue weighted by Crippen LogP contribution is 2.15. The van der Waals surface area contributed by atoms with Crippen LogP contribution in [0.25, 0.3) is 0 Å². The van der Waals surface area contributed by atoms with Gasteiger partial charge in [-0.1, -0.05) is 0 Å². The third-order valence-corrected chi connectivity index (χ3v) is 4.33. The Morgan fingerprint density at radius 2 is 1.96 bits per heavy atom. The first-order chi connectivity index (χ1) is 11.3. The first-order valence-corrected chi connectivity index (χ1v) is 8.49. The summed E-state index contributed by atoms with van der Waals surface area (Å²) in [4.78, 5) is 25.5. The number of ether oxygens (including phenoxy) is 1. The van der Waals surface area contributed by atoms with Crippen LogP contribution < -0.4 is 10.2 Å². The van der Waals surface area contributed by atoms with Gasteiger partial charge >= 0.3 is 0 Å². The lowest BCUT2D eigenvalue weighted by Gasteiger charge is -2.27. The molecular formula is C16H25N5O2. The minimum atomic E-state index is -0.126. The Labute approximate surface area is 137 Å². The summed E-state index contributed by atoms with van der Waals surface area (Å²) in [5.74, 6) is 0.546. The third kappa shape index (κ3) is 4.62. The lowest BCUT2D eigenvalue weighted by molar-refractivity contribution is 0.0383. The summed E-state index contributed by atoms with van der Waals surface area (Å²) in [6.07, 6.45) is 5.27. The van der Waals surface area contributed by atoms with Crippen molar-refractivity contribution in [3.63, 3.8) is 0 Å². The van der Waals surface area contributed by atoms with Gasteiger partial charge in [-0.15, -0.1) is 0 Å². The summed E-state index contributed by atoms with van der Waals surface area (Å²) in [6.45, 7) is 6.84. The Hall–Kier alpha value is -1.73. The van der Waals surface area contributed by atoms with E-state index in [1.165, 1.54) is 19.3 Å². The normalized spacial score (nSPS) is 19.6. The molecule has 2 saturated heterocycles. The Bertz CT molecular complexity index is 513. The molecule has 1 aromatic heterocycles. The van der Waals surface area contributed by atoms with Gasteiger partial charge in [-0.05, 0) is 25.3 Å². The molecule has 0 spiro atoms. The fraction of sp³-hybridized carbons (Fsp3) is 0.688. The molecule has 1 N–H and O–H groups in total. The second-order valence-electron chi connectivity index (χ2n) is 6.00.